The number of rotatable bonds is 7. The maximum atomic E-state index is 12.6. The summed E-state index contributed by atoms with van der Waals surface area (Å²) in [5.41, 5.74) is 7.79. The number of carbonyl (C=O) groups excluding carboxylic acids is 1. The Bertz CT molecular complexity index is 1160. The Hall–Kier alpha value is -3.72. The predicted octanol–water partition coefficient (Wildman–Crippen LogP) is 1.78. The largest absolute Gasteiger partial charge is 0.358 e. The first kappa shape index (κ1) is 19.3. The van der Waals surface area contributed by atoms with E-state index in [1.54, 1.807) is 43.1 Å². The van der Waals surface area contributed by atoms with E-state index in [-0.39, 0.29) is 5.91 Å². The van der Waals surface area contributed by atoms with Crippen LogP contribution in [-0.4, -0.2) is 49.1 Å². The van der Waals surface area contributed by atoms with Crippen molar-refractivity contribution in [2.24, 2.45) is 5.10 Å². The maximum absolute atomic E-state index is 12.6. The molecule has 0 unspecified atom stereocenters. The lowest BCUT2D eigenvalue weighted by Gasteiger charge is -2.07. The van der Waals surface area contributed by atoms with E-state index in [1.807, 2.05) is 6.92 Å². The smallest absolute Gasteiger partial charge is 0.273 e. The molecule has 0 radical (unpaired) electrons. The van der Waals surface area contributed by atoms with Crippen LogP contribution >= 0.6 is 0 Å². The van der Waals surface area contributed by atoms with Gasteiger partial charge in [0.2, 0.25) is 0 Å². The van der Waals surface area contributed by atoms with E-state index < -0.39 is 0 Å². The number of aromatic amines is 1. The summed E-state index contributed by atoms with van der Waals surface area (Å²) in [4.78, 5) is 33.3. The molecule has 1 fully saturated rings. The lowest BCUT2D eigenvalue weighted by molar-refractivity contribution is -0.116. The van der Waals surface area contributed by atoms with Gasteiger partial charge in [-0.3, -0.25) is 14.8 Å². The highest BCUT2D eigenvalue weighted by molar-refractivity contribution is 6.32. The highest BCUT2D eigenvalue weighted by atomic mass is 16.2. The summed E-state index contributed by atoms with van der Waals surface area (Å²) in [6.07, 6.45) is 13.3. The summed E-state index contributed by atoms with van der Waals surface area (Å²) in [6.45, 7) is 2.92. The Morgan fingerprint density at radius 3 is 2.74 bits per heavy atom. The summed E-state index contributed by atoms with van der Waals surface area (Å²) in [5, 5.41) is 7.72. The van der Waals surface area contributed by atoms with E-state index in [2.05, 4.69) is 40.8 Å². The van der Waals surface area contributed by atoms with Gasteiger partial charge in [0.05, 0.1) is 17.5 Å². The second kappa shape index (κ2) is 8.19. The normalized spacial score (nSPS) is 17.1. The number of hydrogen-bond acceptors (Lipinski definition) is 7. The highest BCUT2D eigenvalue weighted by Crippen LogP contribution is 2.31. The fourth-order valence-electron chi connectivity index (χ4n) is 3.71. The molecule has 3 aromatic heterocycles. The number of aryl methyl sites for hydroxylation is 1. The van der Waals surface area contributed by atoms with E-state index in [9.17, 15) is 4.79 Å². The second-order valence-electron chi connectivity index (χ2n) is 7.62. The quantitative estimate of drug-likeness (QED) is 0.507. The topological polar surface area (TPSA) is 121 Å². The van der Waals surface area contributed by atoms with Gasteiger partial charge in [0.25, 0.3) is 5.91 Å². The van der Waals surface area contributed by atoms with Gasteiger partial charge in [-0.1, -0.05) is 0 Å². The third-order valence-electron chi connectivity index (χ3n) is 5.38. The molecule has 5 rings (SSSR count). The second-order valence-corrected chi connectivity index (χ2v) is 7.62. The van der Waals surface area contributed by atoms with Crippen LogP contribution in [0.5, 0.6) is 0 Å². The van der Waals surface area contributed by atoms with Gasteiger partial charge in [-0.05, 0) is 50.4 Å². The zero-order chi connectivity index (χ0) is 21.2. The van der Waals surface area contributed by atoms with Crippen molar-refractivity contribution >= 4 is 17.7 Å². The maximum Gasteiger partial charge on any atom is 0.273 e. The molecule has 1 aliphatic heterocycles. The molecule has 31 heavy (non-hydrogen) atoms. The van der Waals surface area contributed by atoms with E-state index in [0.29, 0.717) is 28.8 Å². The third kappa shape index (κ3) is 3.99. The molecule has 1 amide bonds. The predicted molar refractivity (Wildman–Crippen MR) is 116 cm³/mol. The van der Waals surface area contributed by atoms with Crippen molar-refractivity contribution in [1.29, 1.82) is 0 Å². The van der Waals surface area contributed by atoms with Crippen LogP contribution in [0.15, 0.2) is 47.7 Å². The molecule has 0 saturated heterocycles. The van der Waals surface area contributed by atoms with Crippen molar-refractivity contribution < 1.29 is 4.79 Å². The number of carbonyl (C=O) groups is 1. The van der Waals surface area contributed by atoms with Crippen molar-refractivity contribution in [1.82, 2.24) is 35.7 Å². The highest BCUT2D eigenvalue weighted by Gasteiger charge is 2.27. The number of hydrogen-bond donors (Lipinski definition) is 3. The van der Waals surface area contributed by atoms with Gasteiger partial charge in [-0.25, -0.2) is 15.4 Å². The number of hydrazone groups is 1. The molecule has 9 nitrogen and oxygen atoms in total. The summed E-state index contributed by atoms with van der Waals surface area (Å²) < 4.78 is 0. The molecule has 0 spiro atoms. The van der Waals surface area contributed by atoms with Crippen LogP contribution in [0.25, 0.3) is 17.5 Å². The molecule has 0 aromatic carbocycles. The molecule has 0 bridgehead atoms. The summed E-state index contributed by atoms with van der Waals surface area (Å²) in [5.74, 6) is 0.335. The zero-order valence-electron chi connectivity index (χ0n) is 17.1. The average Bonchev–Trinajstić information content (AvgIpc) is 3.48. The van der Waals surface area contributed by atoms with Gasteiger partial charge in [-0.15, -0.1) is 0 Å². The molecular formula is C22H22N8O. The van der Waals surface area contributed by atoms with E-state index in [0.717, 1.165) is 35.5 Å². The first-order chi connectivity index (χ1) is 15.2. The molecule has 1 aliphatic carbocycles. The minimum absolute atomic E-state index is 0.287. The Balaban J connectivity index is 1.56. The van der Waals surface area contributed by atoms with Crippen LogP contribution in [0.3, 0.4) is 0 Å². The molecular weight excluding hydrogens is 392 g/mol. The fraction of sp³-hybridized carbons (Fsp3) is 0.273. The van der Waals surface area contributed by atoms with Gasteiger partial charge < -0.3 is 10.3 Å². The molecule has 9 heteroatoms. The monoisotopic (exact) mass is 414 g/mol. The fourth-order valence-corrected chi connectivity index (χ4v) is 3.71. The van der Waals surface area contributed by atoms with Crippen molar-refractivity contribution in [2.45, 2.75) is 32.2 Å². The molecule has 3 N–H and O–H groups in total. The minimum atomic E-state index is -0.287. The van der Waals surface area contributed by atoms with E-state index in [4.69, 9.17) is 0 Å². The average molecular weight is 414 g/mol. The molecule has 1 saturated carbocycles. The molecule has 156 valence electrons. The Morgan fingerprint density at radius 2 is 2.00 bits per heavy atom. The SMILES string of the molecule is Cc1[nH]c(/C=C2/C(=O)NN=C2c2cnccn2)c(-c2ncccn2)c1CCNC1CC1. The summed E-state index contributed by atoms with van der Waals surface area (Å²) >= 11 is 0. The van der Waals surface area contributed by atoms with Crippen molar-refractivity contribution in [3.05, 3.63) is 65.3 Å². The van der Waals surface area contributed by atoms with Gasteiger partial charge in [-0.2, -0.15) is 5.10 Å². The van der Waals surface area contributed by atoms with Crippen molar-refractivity contribution in [3.63, 3.8) is 0 Å². The zero-order valence-corrected chi connectivity index (χ0v) is 17.1. The van der Waals surface area contributed by atoms with Gasteiger partial charge in [0.15, 0.2) is 5.82 Å². The Kier molecular flexibility index (Phi) is 5.09. The van der Waals surface area contributed by atoms with Crippen molar-refractivity contribution in [2.75, 3.05) is 6.54 Å². The lowest BCUT2D eigenvalue weighted by atomic mass is 10.0. The van der Waals surface area contributed by atoms with Gasteiger partial charge in [0, 0.05) is 42.1 Å². The van der Waals surface area contributed by atoms with Gasteiger partial charge >= 0.3 is 0 Å². The first-order valence-electron chi connectivity index (χ1n) is 10.3. The number of amides is 1. The first-order valence-corrected chi connectivity index (χ1v) is 10.3. The Morgan fingerprint density at radius 1 is 1.16 bits per heavy atom. The van der Waals surface area contributed by atoms with Crippen LogP contribution in [0, 0.1) is 6.92 Å². The molecule has 2 aliphatic rings. The van der Waals surface area contributed by atoms with Crippen molar-refractivity contribution in [3.8, 4) is 11.4 Å². The minimum Gasteiger partial charge on any atom is -0.358 e. The van der Waals surface area contributed by atoms with Crippen LogP contribution in [0.1, 0.15) is 35.5 Å². The van der Waals surface area contributed by atoms with E-state index in [1.165, 1.54) is 12.8 Å². The lowest BCUT2D eigenvalue weighted by Crippen LogP contribution is -2.19. The summed E-state index contributed by atoms with van der Waals surface area (Å²) in [7, 11) is 0. The van der Waals surface area contributed by atoms with Gasteiger partial charge in [0.1, 0.15) is 11.4 Å². The number of nitrogens with one attached hydrogen (secondary N) is 3. The number of aromatic nitrogens is 5. The van der Waals surface area contributed by atoms with Crippen LogP contribution in [0.2, 0.25) is 0 Å². The number of H-pyrrole nitrogens is 1. The molecule has 4 heterocycles. The summed E-state index contributed by atoms with van der Waals surface area (Å²) in [6, 6.07) is 2.43. The standard InChI is InChI=1S/C22H22N8O/c1-13-15(5-8-24-14-3-4-14)19(21-26-6-2-7-27-21)17(28-13)11-16-20(29-30-22(16)31)18-12-23-9-10-25-18/h2,6-7,9-12,14,24,28H,3-5,8H2,1H3,(H,30,31)/b16-11+. The Labute approximate surface area is 179 Å². The van der Waals surface area contributed by atoms with Crippen LogP contribution in [-0.2, 0) is 11.2 Å². The van der Waals surface area contributed by atoms with E-state index >= 15 is 0 Å². The number of nitrogens with zero attached hydrogens (tertiary/aromatic N) is 5. The molecule has 3 aromatic rings. The van der Waals surface area contributed by atoms with Crippen LogP contribution < -0.4 is 10.7 Å². The van der Waals surface area contributed by atoms with Crippen LogP contribution in [0.4, 0.5) is 0 Å². The molecule has 0 atom stereocenters. The third-order valence-corrected chi connectivity index (χ3v) is 5.38.